The maximum Gasteiger partial charge on any atom is 0.308 e. The van der Waals surface area contributed by atoms with Crippen LogP contribution in [0.4, 0.5) is 10.1 Å². The standard InChI is InChI=1S/C13H13FN2O2/c1-8-6-16(7-11(8)13(17)18)12-3-2-10(14)4-9(12)5-15/h2-4,8,11H,6-7H2,1H3,(H,17,18)/t8-,11-/m1/s1. The van der Waals surface area contributed by atoms with E-state index in [4.69, 9.17) is 10.4 Å². The summed E-state index contributed by atoms with van der Waals surface area (Å²) in [4.78, 5) is 12.9. The minimum absolute atomic E-state index is 0.0131. The molecule has 0 aromatic heterocycles. The zero-order valence-electron chi connectivity index (χ0n) is 9.93. The Hall–Kier alpha value is -2.09. The monoisotopic (exact) mass is 248 g/mol. The molecule has 5 heteroatoms. The second kappa shape index (κ2) is 4.65. The summed E-state index contributed by atoms with van der Waals surface area (Å²) in [7, 11) is 0. The number of carboxylic acids is 1. The third-order valence-electron chi connectivity index (χ3n) is 3.35. The van der Waals surface area contributed by atoms with Crippen molar-refractivity contribution in [3.05, 3.63) is 29.6 Å². The van der Waals surface area contributed by atoms with Crippen LogP contribution in [0.3, 0.4) is 0 Å². The second-order valence-electron chi connectivity index (χ2n) is 4.60. The first kappa shape index (κ1) is 12.4. The van der Waals surface area contributed by atoms with E-state index in [1.54, 1.807) is 0 Å². The van der Waals surface area contributed by atoms with Crippen LogP contribution >= 0.6 is 0 Å². The molecular weight excluding hydrogens is 235 g/mol. The number of nitrogens with zero attached hydrogens (tertiary/aromatic N) is 2. The highest BCUT2D eigenvalue weighted by molar-refractivity contribution is 5.73. The van der Waals surface area contributed by atoms with Crippen LogP contribution in [0.2, 0.25) is 0 Å². The van der Waals surface area contributed by atoms with Gasteiger partial charge in [0.05, 0.1) is 17.2 Å². The normalized spacial score (nSPS) is 22.8. The average Bonchev–Trinajstić information content (AvgIpc) is 2.71. The van der Waals surface area contributed by atoms with E-state index in [1.807, 2.05) is 17.9 Å². The Bertz CT molecular complexity index is 524. The lowest BCUT2D eigenvalue weighted by Crippen LogP contribution is -2.23. The molecule has 94 valence electrons. The molecule has 1 aromatic carbocycles. The van der Waals surface area contributed by atoms with Crippen molar-refractivity contribution in [3.8, 4) is 6.07 Å². The lowest BCUT2D eigenvalue weighted by atomic mass is 9.99. The van der Waals surface area contributed by atoms with Crippen LogP contribution < -0.4 is 4.90 Å². The Morgan fingerprint density at radius 1 is 1.56 bits per heavy atom. The van der Waals surface area contributed by atoms with Crippen LogP contribution in [0.1, 0.15) is 12.5 Å². The molecule has 1 aliphatic heterocycles. The lowest BCUT2D eigenvalue weighted by Gasteiger charge is -2.19. The average molecular weight is 248 g/mol. The first-order chi connectivity index (χ1) is 8.52. The Morgan fingerprint density at radius 3 is 2.83 bits per heavy atom. The van der Waals surface area contributed by atoms with Crippen molar-refractivity contribution in [2.24, 2.45) is 11.8 Å². The van der Waals surface area contributed by atoms with Crippen molar-refractivity contribution in [1.29, 1.82) is 5.26 Å². The van der Waals surface area contributed by atoms with Crippen molar-refractivity contribution < 1.29 is 14.3 Å². The van der Waals surface area contributed by atoms with Crippen molar-refractivity contribution >= 4 is 11.7 Å². The van der Waals surface area contributed by atoms with Crippen LogP contribution in [0.5, 0.6) is 0 Å². The van der Waals surface area contributed by atoms with Gasteiger partial charge in [0.15, 0.2) is 0 Å². The zero-order valence-corrected chi connectivity index (χ0v) is 9.93. The predicted octanol–water partition coefficient (Wildman–Crippen LogP) is 1.85. The molecule has 0 unspecified atom stereocenters. The second-order valence-corrected chi connectivity index (χ2v) is 4.60. The topological polar surface area (TPSA) is 64.3 Å². The number of carbonyl (C=O) groups is 1. The quantitative estimate of drug-likeness (QED) is 0.867. The van der Waals surface area contributed by atoms with E-state index in [2.05, 4.69) is 0 Å². The summed E-state index contributed by atoms with van der Waals surface area (Å²) in [5.74, 6) is -1.72. The number of anilines is 1. The Kier molecular flexibility index (Phi) is 3.19. The summed E-state index contributed by atoms with van der Waals surface area (Å²) in [6, 6.07) is 5.94. The van der Waals surface area contributed by atoms with E-state index in [1.165, 1.54) is 18.2 Å². The Labute approximate surface area is 104 Å². The highest BCUT2D eigenvalue weighted by atomic mass is 19.1. The van der Waals surface area contributed by atoms with Gasteiger partial charge in [-0.05, 0) is 24.1 Å². The Balaban J connectivity index is 2.29. The summed E-state index contributed by atoms with van der Waals surface area (Å²) in [6.07, 6.45) is 0. The maximum absolute atomic E-state index is 13.0. The van der Waals surface area contributed by atoms with Crippen LogP contribution in [0.25, 0.3) is 0 Å². The number of rotatable bonds is 2. The molecule has 2 rings (SSSR count). The molecule has 1 aromatic rings. The molecular formula is C13H13FN2O2. The fourth-order valence-corrected chi connectivity index (χ4v) is 2.36. The van der Waals surface area contributed by atoms with Crippen molar-refractivity contribution in [3.63, 3.8) is 0 Å². The number of hydrogen-bond donors (Lipinski definition) is 1. The molecule has 1 N–H and O–H groups in total. The highest BCUT2D eigenvalue weighted by Crippen LogP contribution is 2.30. The number of aliphatic carboxylic acids is 1. The lowest BCUT2D eigenvalue weighted by molar-refractivity contribution is -0.142. The Morgan fingerprint density at radius 2 is 2.28 bits per heavy atom. The van der Waals surface area contributed by atoms with E-state index in [0.29, 0.717) is 18.8 Å². The van der Waals surface area contributed by atoms with Gasteiger partial charge in [0.1, 0.15) is 11.9 Å². The zero-order chi connectivity index (χ0) is 13.3. The summed E-state index contributed by atoms with van der Waals surface area (Å²) in [5, 5.41) is 18.1. The molecule has 1 heterocycles. The van der Waals surface area contributed by atoms with Crippen LogP contribution in [-0.4, -0.2) is 24.2 Å². The van der Waals surface area contributed by atoms with Crippen LogP contribution in [-0.2, 0) is 4.79 Å². The largest absolute Gasteiger partial charge is 0.481 e. The number of hydrogen-bond acceptors (Lipinski definition) is 3. The van der Waals surface area contributed by atoms with Crippen LogP contribution in [0, 0.1) is 29.0 Å². The third-order valence-corrected chi connectivity index (χ3v) is 3.35. The molecule has 0 aliphatic carbocycles. The summed E-state index contributed by atoms with van der Waals surface area (Å²) >= 11 is 0. The molecule has 1 aliphatic rings. The van der Waals surface area contributed by atoms with E-state index in [0.717, 1.165) is 0 Å². The molecule has 0 amide bonds. The number of carboxylic acid groups (broad SMARTS) is 1. The molecule has 2 atom stereocenters. The summed E-state index contributed by atoms with van der Waals surface area (Å²) < 4.78 is 13.0. The molecule has 0 radical (unpaired) electrons. The van der Waals surface area contributed by atoms with Gasteiger partial charge in [0, 0.05) is 13.1 Å². The van der Waals surface area contributed by atoms with Crippen molar-refractivity contribution in [2.75, 3.05) is 18.0 Å². The molecule has 1 saturated heterocycles. The molecule has 0 spiro atoms. The third kappa shape index (κ3) is 2.14. The van der Waals surface area contributed by atoms with E-state index < -0.39 is 17.7 Å². The predicted molar refractivity (Wildman–Crippen MR) is 63.6 cm³/mol. The van der Waals surface area contributed by atoms with Gasteiger partial charge in [0.25, 0.3) is 0 Å². The van der Waals surface area contributed by atoms with Gasteiger partial charge < -0.3 is 10.0 Å². The van der Waals surface area contributed by atoms with Gasteiger partial charge in [-0.1, -0.05) is 6.92 Å². The van der Waals surface area contributed by atoms with Gasteiger partial charge in [-0.25, -0.2) is 4.39 Å². The van der Waals surface area contributed by atoms with Gasteiger partial charge in [0.2, 0.25) is 0 Å². The number of benzene rings is 1. The first-order valence-electron chi connectivity index (χ1n) is 5.70. The van der Waals surface area contributed by atoms with Gasteiger partial charge >= 0.3 is 5.97 Å². The van der Waals surface area contributed by atoms with Crippen molar-refractivity contribution in [2.45, 2.75) is 6.92 Å². The van der Waals surface area contributed by atoms with Gasteiger partial charge in [-0.15, -0.1) is 0 Å². The minimum atomic E-state index is -0.828. The smallest absolute Gasteiger partial charge is 0.308 e. The van der Waals surface area contributed by atoms with Gasteiger partial charge in [-0.3, -0.25) is 4.79 Å². The minimum Gasteiger partial charge on any atom is -0.481 e. The SMILES string of the molecule is C[C@@H]1CN(c2ccc(F)cc2C#N)C[C@H]1C(=O)O. The molecule has 0 bridgehead atoms. The molecule has 1 fully saturated rings. The fraction of sp³-hybridized carbons (Fsp3) is 0.385. The van der Waals surface area contributed by atoms with Gasteiger partial charge in [-0.2, -0.15) is 5.26 Å². The molecule has 0 saturated carbocycles. The number of halogens is 1. The van der Waals surface area contributed by atoms with Crippen LogP contribution in [0.15, 0.2) is 18.2 Å². The first-order valence-corrected chi connectivity index (χ1v) is 5.70. The highest BCUT2D eigenvalue weighted by Gasteiger charge is 2.35. The van der Waals surface area contributed by atoms with E-state index in [9.17, 15) is 9.18 Å². The molecule has 4 nitrogen and oxygen atoms in total. The maximum atomic E-state index is 13.0. The summed E-state index contributed by atoms with van der Waals surface area (Å²) in [6.45, 7) is 2.79. The van der Waals surface area contributed by atoms with E-state index in [-0.39, 0.29) is 11.5 Å². The molecule has 18 heavy (non-hydrogen) atoms. The summed E-state index contributed by atoms with van der Waals surface area (Å²) in [5.41, 5.74) is 0.850. The number of nitriles is 1. The van der Waals surface area contributed by atoms with Crippen molar-refractivity contribution in [1.82, 2.24) is 0 Å². The fourth-order valence-electron chi connectivity index (χ4n) is 2.36. The van der Waals surface area contributed by atoms with E-state index >= 15 is 0 Å².